The largest absolute Gasteiger partial charge is 0.481 e. The molecule has 0 saturated heterocycles. The Balaban J connectivity index is 1.72. The average molecular weight is 713 g/mol. The maximum absolute atomic E-state index is 13.6. The van der Waals surface area contributed by atoms with Crippen molar-refractivity contribution in [2.75, 3.05) is 22.9 Å². The Labute approximate surface area is 274 Å². The molecular weight excluding hydrogens is 679 g/mol. The van der Waals surface area contributed by atoms with E-state index in [0.717, 1.165) is 17.6 Å². The second kappa shape index (κ2) is 14.8. The van der Waals surface area contributed by atoms with Crippen molar-refractivity contribution < 1.29 is 49.4 Å². The Bertz CT molecular complexity index is 1520. The van der Waals surface area contributed by atoms with E-state index in [1.807, 2.05) is 11.8 Å². The lowest BCUT2D eigenvalue weighted by molar-refractivity contribution is -0.143. The van der Waals surface area contributed by atoms with Crippen molar-refractivity contribution in [1.29, 1.82) is 0 Å². The molecule has 1 aromatic heterocycles. The summed E-state index contributed by atoms with van der Waals surface area (Å²) < 4.78 is 122. The van der Waals surface area contributed by atoms with Gasteiger partial charge in [-0.3, -0.25) is 4.79 Å². The lowest BCUT2D eigenvalue weighted by Crippen LogP contribution is -2.33. The van der Waals surface area contributed by atoms with E-state index in [1.54, 1.807) is 0 Å². The summed E-state index contributed by atoms with van der Waals surface area (Å²) in [5, 5.41) is 20.8. The number of benzene rings is 2. The predicted octanol–water partition coefficient (Wildman–Crippen LogP) is 8.17. The monoisotopic (exact) mass is 712 g/mol. The predicted molar refractivity (Wildman–Crippen MR) is 159 cm³/mol. The number of tetrazole rings is 1. The van der Waals surface area contributed by atoms with Gasteiger partial charge in [0.05, 0.1) is 18.2 Å². The molecule has 0 bridgehead atoms. The SMILES string of the molecule is CCN(CC1CCC(CC(=O)O)CC1)c1ccc(SC(F)(F)F)cc1CN(Cc1cc(C(F)(F)F)cc(C(F)(F)F)c1)c1nnn(C)n1. The number of carboxylic acid groups (broad SMARTS) is 1. The zero-order valence-electron chi connectivity index (χ0n) is 25.8. The number of rotatable bonds is 12. The third-order valence-corrected chi connectivity index (χ3v) is 8.80. The fraction of sp³-hybridized carbons (Fsp3) is 0.533. The molecule has 264 valence electrons. The number of aryl methyl sites for hydroxylation is 1. The first-order valence-corrected chi connectivity index (χ1v) is 15.7. The van der Waals surface area contributed by atoms with Crippen molar-refractivity contribution in [3.63, 3.8) is 0 Å². The lowest BCUT2D eigenvalue weighted by Gasteiger charge is -2.34. The smallest absolute Gasteiger partial charge is 0.446 e. The van der Waals surface area contributed by atoms with Gasteiger partial charge < -0.3 is 14.9 Å². The van der Waals surface area contributed by atoms with Crippen LogP contribution >= 0.6 is 11.8 Å². The van der Waals surface area contributed by atoms with Crippen LogP contribution in [0.2, 0.25) is 0 Å². The van der Waals surface area contributed by atoms with Gasteiger partial charge in [-0.25, -0.2) is 0 Å². The summed E-state index contributed by atoms with van der Waals surface area (Å²) >= 11 is -0.359. The summed E-state index contributed by atoms with van der Waals surface area (Å²) in [6, 6.07) is 5.27. The molecule has 0 radical (unpaired) electrons. The Morgan fingerprint density at radius 3 is 2.00 bits per heavy atom. The number of alkyl halides is 9. The molecule has 2 aromatic carbocycles. The fourth-order valence-corrected chi connectivity index (χ4v) is 6.51. The van der Waals surface area contributed by atoms with Crippen molar-refractivity contribution in [1.82, 2.24) is 20.2 Å². The Morgan fingerprint density at radius 1 is 0.896 bits per heavy atom. The highest BCUT2D eigenvalue weighted by atomic mass is 32.2. The summed E-state index contributed by atoms with van der Waals surface area (Å²) in [5.41, 5.74) is -7.21. The first kappa shape index (κ1) is 37.1. The minimum Gasteiger partial charge on any atom is -0.481 e. The fourth-order valence-electron chi connectivity index (χ4n) is 5.90. The zero-order valence-corrected chi connectivity index (χ0v) is 26.6. The maximum Gasteiger partial charge on any atom is 0.446 e. The Kier molecular flexibility index (Phi) is 11.5. The number of aliphatic carboxylic acids is 1. The Hall–Kier alpha value is -3.70. The molecule has 8 nitrogen and oxygen atoms in total. The molecular formula is C30H33F9N6O2S. The van der Waals surface area contributed by atoms with Gasteiger partial charge in [0.2, 0.25) is 0 Å². The van der Waals surface area contributed by atoms with Crippen molar-refractivity contribution >= 4 is 29.4 Å². The first-order valence-electron chi connectivity index (χ1n) is 14.9. The van der Waals surface area contributed by atoms with Gasteiger partial charge in [0.1, 0.15) is 0 Å². The normalized spacial score (nSPS) is 17.4. The second-order valence-electron chi connectivity index (χ2n) is 11.7. The van der Waals surface area contributed by atoms with E-state index in [-0.39, 0.29) is 59.0 Å². The van der Waals surface area contributed by atoms with E-state index in [9.17, 15) is 44.3 Å². The van der Waals surface area contributed by atoms with Crippen LogP contribution in [0.15, 0.2) is 41.3 Å². The summed E-state index contributed by atoms with van der Waals surface area (Å²) in [5.74, 6) is -0.805. The lowest BCUT2D eigenvalue weighted by atomic mass is 9.80. The molecule has 0 unspecified atom stereocenters. The third-order valence-electron chi connectivity index (χ3n) is 8.08. The van der Waals surface area contributed by atoms with Crippen LogP contribution in [0.25, 0.3) is 0 Å². The zero-order chi connectivity index (χ0) is 35.4. The van der Waals surface area contributed by atoms with Gasteiger partial charge in [-0.1, -0.05) is 5.10 Å². The minimum absolute atomic E-state index is 0.0125. The van der Waals surface area contributed by atoms with Crippen LogP contribution in [0.3, 0.4) is 0 Å². The second-order valence-corrected chi connectivity index (χ2v) is 12.8. The van der Waals surface area contributed by atoms with Crippen molar-refractivity contribution in [3.8, 4) is 0 Å². The van der Waals surface area contributed by atoms with E-state index < -0.39 is 41.5 Å². The molecule has 18 heteroatoms. The number of thioether (sulfide) groups is 1. The van der Waals surface area contributed by atoms with Crippen LogP contribution in [-0.4, -0.2) is 49.9 Å². The number of hydrogen-bond donors (Lipinski definition) is 1. The molecule has 48 heavy (non-hydrogen) atoms. The van der Waals surface area contributed by atoms with Gasteiger partial charge in [0, 0.05) is 43.2 Å². The molecule has 3 aromatic rings. The number of carbonyl (C=O) groups is 1. The van der Waals surface area contributed by atoms with E-state index >= 15 is 0 Å². The van der Waals surface area contributed by atoms with Gasteiger partial charge in [0.15, 0.2) is 0 Å². The third kappa shape index (κ3) is 10.4. The molecule has 0 atom stereocenters. The van der Waals surface area contributed by atoms with E-state index in [2.05, 4.69) is 15.4 Å². The van der Waals surface area contributed by atoms with E-state index in [1.165, 1.54) is 30.1 Å². The van der Waals surface area contributed by atoms with E-state index in [4.69, 9.17) is 5.11 Å². The van der Waals surface area contributed by atoms with Crippen molar-refractivity contribution in [2.45, 2.75) is 74.9 Å². The van der Waals surface area contributed by atoms with Crippen molar-refractivity contribution in [2.24, 2.45) is 18.9 Å². The molecule has 0 amide bonds. The molecule has 1 fully saturated rings. The maximum atomic E-state index is 13.6. The first-order chi connectivity index (χ1) is 22.3. The Morgan fingerprint density at radius 2 is 1.50 bits per heavy atom. The van der Waals surface area contributed by atoms with Gasteiger partial charge in [-0.15, -0.1) is 5.10 Å². The number of hydrogen-bond acceptors (Lipinski definition) is 7. The highest BCUT2D eigenvalue weighted by Crippen LogP contribution is 2.41. The molecule has 4 rings (SSSR count). The van der Waals surface area contributed by atoms with Gasteiger partial charge in [-0.2, -0.15) is 44.3 Å². The van der Waals surface area contributed by atoms with Crippen LogP contribution in [0.5, 0.6) is 0 Å². The molecule has 1 aliphatic rings. The number of aromatic nitrogens is 4. The quantitative estimate of drug-likeness (QED) is 0.149. The van der Waals surface area contributed by atoms with Crippen molar-refractivity contribution in [3.05, 3.63) is 58.7 Å². The summed E-state index contributed by atoms with van der Waals surface area (Å²) in [7, 11) is 1.40. The molecule has 1 saturated carbocycles. The number of nitrogens with zero attached hydrogens (tertiary/aromatic N) is 6. The number of carboxylic acids is 1. The number of halogens is 9. The van der Waals surface area contributed by atoms with Crippen LogP contribution in [0.4, 0.5) is 51.1 Å². The molecule has 1 heterocycles. The van der Waals surface area contributed by atoms with Gasteiger partial charge in [0.25, 0.3) is 5.95 Å². The van der Waals surface area contributed by atoms with Crippen LogP contribution in [-0.2, 0) is 37.3 Å². The molecule has 0 aliphatic heterocycles. The standard InChI is InChI=1S/C30H33F9N6O2S/c1-3-44(15-19-6-4-18(5-7-19)12-26(46)47)25-9-8-24(48-30(37,38)39)13-21(25)17-45(27-40-42-43(2)41-27)16-20-10-22(28(31,32)33)14-23(11-20)29(34,35)36/h8-11,13-14,18-19H,3-7,12,15-17H2,1-2H3,(H,46,47). The summed E-state index contributed by atoms with van der Waals surface area (Å²) in [6.45, 7) is 1.93. The summed E-state index contributed by atoms with van der Waals surface area (Å²) in [6.07, 6.45) is -7.17. The molecule has 0 spiro atoms. The van der Waals surface area contributed by atoms with Gasteiger partial charge in [-0.05, 0) is 109 Å². The highest BCUT2D eigenvalue weighted by molar-refractivity contribution is 8.00. The van der Waals surface area contributed by atoms with Gasteiger partial charge >= 0.3 is 23.8 Å². The summed E-state index contributed by atoms with van der Waals surface area (Å²) in [4.78, 5) is 15.2. The number of anilines is 2. The van der Waals surface area contributed by atoms with Crippen LogP contribution in [0, 0.1) is 11.8 Å². The van der Waals surface area contributed by atoms with E-state index in [0.29, 0.717) is 49.3 Å². The molecule has 1 aliphatic carbocycles. The highest BCUT2D eigenvalue weighted by Gasteiger charge is 2.37. The average Bonchev–Trinajstić information content (AvgIpc) is 3.41. The minimum atomic E-state index is -5.09. The molecule has 1 N–H and O–H groups in total. The van der Waals surface area contributed by atoms with Crippen LogP contribution < -0.4 is 9.80 Å². The topological polar surface area (TPSA) is 87.4 Å². The van der Waals surface area contributed by atoms with Crippen LogP contribution in [0.1, 0.15) is 61.3 Å².